The van der Waals surface area contributed by atoms with E-state index in [1.54, 1.807) is 4.68 Å². The summed E-state index contributed by atoms with van der Waals surface area (Å²) < 4.78 is 1.65. The molecule has 1 aromatic heterocycles. The zero-order chi connectivity index (χ0) is 17.2. The molecule has 1 heterocycles. The second-order valence-corrected chi connectivity index (χ2v) is 7.37. The van der Waals surface area contributed by atoms with Crippen LogP contribution in [0.15, 0.2) is 30.3 Å². The molecule has 0 spiro atoms. The fraction of sp³-hybridized carbons (Fsp3) is 0.474. The van der Waals surface area contributed by atoms with E-state index >= 15 is 0 Å². The van der Waals surface area contributed by atoms with E-state index in [1.807, 2.05) is 13.1 Å². The van der Waals surface area contributed by atoms with Crippen molar-refractivity contribution in [2.75, 3.05) is 0 Å². The van der Waals surface area contributed by atoms with Crippen LogP contribution in [0.25, 0.3) is 0 Å². The average Bonchev–Trinajstić information content (AvgIpc) is 2.87. The van der Waals surface area contributed by atoms with E-state index in [9.17, 15) is 4.79 Å². The summed E-state index contributed by atoms with van der Waals surface area (Å²) >= 11 is 0. The molecular weight excluding hydrogens is 286 g/mol. The Morgan fingerprint density at radius 3 is 2.30 bits per heavy atom. The number of nitrogens with zero attached hydrogens (tertiary/aromatic N) is 2. The summed E-state index contributed by atoms with van der Waals surface area (Å²) in [7, 11) is 1.81. The lowest BCUT2D eigenvalue weighted by molar-refractivity contribution is 0.0941. The monoisotopic (exact) mass is 313 g/mol. The Balaban J connectivity index is 2.04. The molecule has 0 radical (unpaired) electrons. The fourth-order valence-corrected chi connectivity index (χ4v) is 2.34. The van der Waals surface area contributed by atoms with E-state index in [2.05, 4.69) is 69.3 Å². The summed E-state index contributed by atoms with van der Waals surface area (Å²) in [6.45, 7) is 11.1. The molecule has 0 saturated carbocycles. The van der Waals surface area contributed by atoms with Crippen LogP contribution in [0.1, 0.15) is 67.8 Å². The van der Waals surface area contributed by atoms with E-state index in [0.717, 1.165) is 11.3 Å². The predicted octanol–water partition coefficient (Wildman–Crippen LogP) is 3.77. The van der Waals surface area contributed by atoms with Gasteiger partial charge in [0.2, 0.25) is 0 Å². The van der Waals surface area contributed by atoms with Gasteiger partial charge < -0.3 is 5.32 Å². The van der Waals surface area contributed by atoms with Gasteiger partial charge in [-0.05, 0) is 23.1 Å². The first kappa shape index (κ1) is 17.3. The minimum absolute atomic E-state index is 0.0665. The SMILES string of the molecule is CC(C)c1ccc(CNC(=O)c2cc(C(C)(C)C)nn2C)cc1. The molecule has 0 atom stereocenters. The van der Waals surface area contributed by atoms with Crippen molar-refractivity contribution in [3.05, 3.63) is 52.8 Å². The number of benzene rings is 1. The Labute approximate surface area is 138 Å². The van der Waals surface area contributed by atoms with Crippen molar-refractivity contribution >= 4 is 5.91 Å². The summed E-state index contributed by atoms with van der Waals surface area (Å²) in [6.07, 6.45) is 0. The lowest BCUT2D eigenvalue weighted by atomic mass is 9.92. The van der Waals surface area contributed by atoms with Crippen molar-refractivity contribution in [3.8, 4) is 0 Å². The number of nitrogens with one attached hydrogen (secondary N) is 1. The van der Waals surface area contributed by atoms with Crippen molar-refractivity contribution in [2.45, 2.75) is 52.5 Å². The summed E-state index contributed by atoms with van der Waals surface area (Å²) in [5, 5.41) is 7.41. The molecule has 1 aromatic carbocycles. The zero-order valence-electron chi connectivity index (χ0n) is 15.0. The Kier molecular flexibility index (Phi) is 4.93. The van der Waals surface area contributed by atoms with Crippen LogP contribution < -0.4 is 5.32 Å². The molecule has 1 N–H and O–H groups in total. The standard InChI is InChI=1S/C19H27N3O/c1-13(2)15-9-7-14(8-10-15)12-20-18(23)16-11-17(19(3,4)5)21-22(16)6/h7-11,13H,12H2,1-6H3,(H,20,23). The molecular formula is C19H27N3O. The van der Waals surface area contributed by atoms with Gasteiger partial charge in [-0.15, -0.1) is 0 Å². The third kappa shape index (κ3) is 4.21. The molecule has 4 nitrogen and oxygen atoms in total. The molecule has 0 aliphatic carbocycles. The van der Waals surface area contributed by atoms with Crippen molar-refractivity contribution in [3.63, 3.8) is 0 Å². The minimum Gasteiger partial charge on any atom is -0.347 e. The van der Waals surface area contributed by atoms with E-state index in [0.29, 0.717) is 18.2 Å². The van der Waals surface area contributed by atoms with Gasteiger partial charge in [0, 0.05) is 19.0 Å². The molecule has 23 heavy (non-hydrogen) atoms. The maximum atomic E-state index is 12.4. The third-order valence-corrected chi connectivity index (χ3v) is 3.98. The molecule has 0 fully saturated rings. The minimum atomic E-state index is -0.0940. The van der Waals surface area contributed by atoms with Gasteiger partial charge in [-0.2, -0.15) is 5.10 Å². The number of aryl methyl sites for hydroxylation is 1. The molecule has 0 aliphatic rings. The summed E-state index contributed by atoms with van der Waals surface area (Å²) in [6, 6.07) is 10.2. The van der Waals surface area contributed by atoms with Gasteiger partial charge in [0.25, 0.3) is 5.91 Å². The van der Waals surface area contributed by atoms with Crippen LogP contribution >= 0.6 is 0 Å². The quantitative estimate of drug-likeness (QED) is 0.934. The van der Waals surface area contributed by atoms with E-state index in [1.165, 1.54) is 5.56 Å². The highest BCUT2D eigenvalue weighted by Crippen LogP contribution is 2.21. The first-order chi connectivity index (χ1) is 10.7. The summed E-state index contributed by atoms with van der Waals surface area (Å²) in [5.41, 5.74) is 3.85. The zero-order valence-corrected chi connectivity index (χ0v) is 15.0. The van der Waals surface area contributed by atoms with Crippen LogP contribution in [0.2, 0.25) is 0 Å². The molecule has 1 amide bonds. The Morgan fingerprint density at radius 2 is 1.83 bits per heavy atom. The summed E-state index contributed by atoms with van der Waals surface area (Å²) in [5.74, 6) is 0.423. The second-order valence-electron chi connectivity index (χ2n) is 7.37. The third-order valence-electron chi connectivity index (χ3n) is 3.98. The maximum absolute atomic E-state index is 12.4. The first-order valence-corrected chi connectivity index (χ1v) is 8.10. The van der Waals surface area contributed by atoms with Gasteiger partial charge >= 0.3 is 0 Å². The van der Waals surface area contributed by atoms with Gasteiger partial charge in [0.05, 0.1) is 5.69 Å². The lowest BCUT2D eigenvalue weighted by Gasteiger charge is -2.13. The Bertz CT molecular complexity index is 676. The van der Waals surface area contributed by atoms with Crippen LogP contribution in [0.5, 0.6) is 0 Å². The van der Waals surface area contributed by atoms with Crippen LogP contribution in [0.4, 0.5) is 0 Å². The highest BCUT2D eigenvalue weighted by molar-refractivity contribution is 5.92. The van der Waals surface area contributed by atoms with Crippen LogP contribution in [-0.2, 0) is 19.0 Å². The number of hydrogen-bond acceptors (Lipinski definition) is 2. The number of amides is 1. The number of aromatic nitrogens is 2. The fourth-order valence-electron chi connectivity index (χ4n) is 2.34. The number of rotatable bonds is 4. The number of hydrogen-bond donors (Lipinski definition) is 1. The largest absolute Gasteiger partial charge is 0.347 e. The Hall–Kier alpha value is -2.10. The van der Waals surface area contributed by atoms with E-state index in [4.69, 9.17) is 0 Å². The topological polar surface area (TPSA) is 46.9 Å². The predicted molar refractivity (Wildman–Crippen MR) is 93.6 cm³/mol. The first-order valence-electron chi connectivity index (χ1n) is 8.10. The molecule has 0 saturated heterocycles. The average molecular weight is 313 g/mol. The smallest absolute Gasteiger partial charge is 0.269 e. The van der Waals surface area contributed by atoms with Gasteiger partial charge in [-0.3, -0.25) is 9.48 Å². The lowest BCUT2D eigenvalue weighted by Crippen LogP contribution is -2.25. The number of carbonyl (C=O) groups excluding carboxylic acids is 1. The molecule has 0 bridgehead atoms. The highest BCUT2D eigenvalue weighted by atomic mass is 16.2. The van der Waals surface area contributed by atoms with Crippen LogP contribution in [-0.4, -0.2) is 15.7 Å². The molecule has 124 valence electrons. The van der Waals surface area contributed by atoms with Crippen molar-refractivity contribution in [1.82, 2.24) is 15.1 Å². The second kappa shape index (κ2) is 6.57. The molecule has 2 rings (SSSR count). The Morgan fingerprint density at radius 1 is 1.22 bits per heavy atom. The van der Waals surface area contributed by atoms with Crippen molar-refractivity contribution < 1.29 is 4.79 Å². The molecule has 2 aromatic rings. The molecule has 0 aliphatic heterocycles. The van der Waals surface area contributed by atoms with Crippen LogP contribution in [0, 0.1) is 0 Å². The summed E-state index contributed by atoms with van der Waals surface area (Å²) in [4.78, 5) is 12.4. The maximum Gasteiger partial charge on any atom is 0.269 e. The van der Waals surface area contributed by atoms with Gasteiger partial charge in [-0.1, -0.05) is 58.9 Å². The van der Waals surface area contributed by atoms with E-state index in [-0.39, 0.29) is 11.3 Å². The van der Waals surface area contributed by atoms with Gasteiger partial charge in [0.15, 0.2) is 0 Å². The van der Waals surface area contributed by atoms with Crippen LogP contribution in [0.3, 0.4) is 0 Å². The van der Waals surface area contributed by atoms with E-state index < -0.39 is 0 Å². The number of carbonyl (C=O) groups is 1. The van der Waals surface area contributed by atoms with Gasteiger partial charge in [-0.25, -0.2) is 0 Å². The highest BCUT2D eigenvalue weighted by Gasteiger charge is 2.21. The van der Waals surface area contributed by atoms with Crippen molar-refractivity contribution in [1.29, 1.82) is 0 Å². The van der Waals surface area contributed by atoms with Gasteiger partial charge in [0.1, 0.15) is 5.69 Å². The molecule has 0 unspecified atom stereocenters. The molecule has 4 heteroatoms. The van der Waals surface area contributed by atoms with Crippen molar-refractivity contribution in [2.24, 2.45) is 7.05 Å². The normalized spacial score (nSPS) is 11.8.